The quantitative estimate of drug-likeness (QED) is 0.905. The zero-order valence-corrected chi connectivity index (χ0v) is 12.9. The summed E-state index contributed by atoms with van der Waals surface area (Å²) < 4.78 is 0. The largest absolute Gasteiger partial charge is 0.338 e. The molecular weight excluding hydrogens is 292 g/mol. The lowest BCUT2D eigenvalue weighted by Crippen LogP contribution is -2.44. The minimum atomic E-state index is -0.131. The number of nitrogens with one attached hydrogen (secondary N) is 2. The summed E-state index contributed by atoms with van der Waals surface area (Å²) in [6.45, 7) is 1.37. The molecule has 6 heteroatoms. The maximum atomic E-state index is 12.2. The Hall–Kier alpha value is -2.37. The molecule has 0 radical (unpaired) electrons. The number of hydrogen-bond acceptors (Lipinski definition) is 3. The number of hydrogen-bond donors (Lipinski definition) is 2. The molecule has 1 aliphatic heterocycles. The first-order valence-electron chi connectivity index (χ1n) is 8.23. The zero-order chi connectivity index (χ0) is 15.8. The van der Waals surface area contributed by atoms with Gasteiger partial charge in [0.05, 0.1) is 10.9 Å². The Balaban J connectivity index is 1.38. The Morgan fingerprint density at radius 1 is 1.35 bits per heavy atom. The molecule has 2 aromatic rings. The summed E-state index contributed by atoms with van der Waals surface area (Å²) in [5, 5.41) is 3.54. The number of fused-ring (bicyclic) bond motifs is 3. The number of likely N-dealkylation sites (tertiary alicyclic amines) is 1. The fourth-order valence-corrected chi connectivity index (χ4v) is 3.82. The Morgan fingerprint density at radius 2 is 2.22 bits per heavy atom. The molecule has 6 nitrogen and oxygen atoms in total. The summed E-state index contributed by atoms with van der Waals surface area (Å²) in [7, 11) is 0. The van der Waals surface area contributed by atoms with Crippen LogP contribution in [0.3, 0.4) is 0 Å². The van der Waals surface area contributed by atoms with Crippen molar-refractivity contribution in [1.29, 1.82) is 0 Å². The average molecular weight is 312 g/mol. The van der Waals surface area contributed by atoms with Crippen LogP contribution in [0.1, 0.15) is 25.1 Å². The number of carbonyl (C=O) groups is 1. The number of para-hydroxylation sites is 1. The minimum Gasteiger partial charge on any atom is -0.338 e. The summed E-state index contributed by atoms with van der Waals surface area (Å²) in [5.41, 5.74) is 0.559. The predicted octanol–water partition coefficient (Wildman–Crippen LogP) is 1.66. The summed E-state index contributed by atoms with van der Waals surface area (Å²) in [6.07, 6.45) is 4.08. The first-order chi connectivity index (χ1) is 11.2. The summed E-state index contributed by atoms with van der Waals surface area (Å²) >= 11 is 0. The number of H-pyrrole nitrogens is 1. The predicted molar refractivity (Wildman–Crippen MR) is 87.3 cm³/mol. The van der Waals surface area contributed by atoms with E-state index in [0.717, 1.165) is 19.4 Å². The smallest absolute Gasteiger partial charge is 0.317 e. The topological polar surface area (TPSA) is 78.1 Å². The maximum absolute atomic E-state index is 12.2. The number of aromatic nitrogens is 2. The molecule has 1 aromatic carbocycles. The lowest BCUT2D eigenvalue weighted by molar-refractivity contribution is 0.181. The van der Waals surface area contributed by atoms with Crippen molar-refractivity contribution >= 4 is 16.9 Å². The fraction of sp³-hybridized carbons (Fsp3) is 0.471. The van der Waals surface area contributed by atoms with E-state index in [1.54, 1.807) is 6.07 Å². The molecule has 120 valence electrons. The molecule has 2 N–H and O–H groups in total. The van der Waals surface area contributed by atoms with Crippen LogP contribution in [0.15, 0.2) is 29.1 Å². The Labute approximate surface area is 133 Å². The maximum Gasteiger partial charge on any atom is 0.317 e. The van der Waals surface area contributed by atoms with Crippen LogP contribution in [-0.2, 0) is 6.42 Å². The molecular formula is C17H20N4O2. The highest BCUT2D eigenvalue weighted by molar-refractivity contribution is 5.77. The van der Waals surface area contributed by atoms with E-state index >= 15 is 0 Å². The van der Waals surface area contributed by atoms with Gasteiger partial charge in [-0.05, 0) is 37.3 Å². The Morgan fingerprint density at radius 3 is 3.00 bits per heavy atom. The van der Waals surface area contributed by atoms with Crippen molar-refractivity contribution in [1.82, 2.24) is 20.2 Å². The van der Waals surface area contributed by atoms with E-state index in [9.17, 15) is 9.59 Å². The van der Waals surface area contributed by atoms with Gasteiger partial charge in [0.15, 0.2) is 0 Å². The zero-order valence-electron chi connectivity index (χ0n) is 12.9. The monoisotopic (exact) mass is 312 g/mol. The van der Waals surface area contributed by atoms with Crippen LogP contribution >= 0.6 is 0 Å². The van der Waals surface area contributed by atoms with Gasteiger partial charge in [-0.1, -0.05) is 12.1 Å². The van der Waals surface area contributed by atoms with Gasteiger partial charge >= 0.3 is 6.03 Å². The molecule has 2 heterocycles. The number of amides is 2. The van der Waals surface area contributed by atoms with Gasteiger partial charge in [0, 0.05) is 25.6 Å². The van der Waals surface area contributed by atoms with Crippen LogP contribution in [-0.4, -0.2) is 40.0 Å². The van der Waals surface area contributed by atoms with E-state index in [4.69, 9.17) is 0 Å². The number of urea groups is 1. The van der Waals surface area contributed by atoms with E-state index in [2.05, 4.69) is 15.3 Å². The second-order valence-corrected chi connectivity index (χ2v) is 6.50. The number of nitrogens with zero attached hydrogens (tertiary/aromatic N) is 2. The van der Waals surface area contributed by atoms with Crippen molar-refractivity contribution < 1.29 is 4.79 Å². The highest BCUT2D eigenvalue weighted by atomic mass is 16.2. The van der Waals surface area contributed by atoms with Crippen LogP contribution in [0.2, 0.25) is 0 Å². The number of rotatable bonds is 3. The van der Waals surface area contributed by atoms with Crippen LogP contribution in [0.25, 0.3) is 10.9 Å². The van der Waals surface area contributed by atoms with Gasteiger partial charge in [0.2, 0.25) is 0 Å². The van der Waals surface area contributed by atoms with Gasteiger partial charge in [-0.3, -0.25) is 4.79 Å². The first-order valence-corrected chi connectivity index (χ1v) is 8.23. The lowest BCUT2D eigenvalue weighted by Gasteiger charge is -2.27. The van der Waals surface area contributed by atoms with Crippen LogP contribution < -0.4 is 10.9 Å². The van der Waals surface area contributed by atoms with Crippen molar-refractivity contribution in [3.63, 3.8) is 0 Å². The normalized spacial score (nSPS) is 22.7. The van der Waals surface area contributed by atoms with Crippen molar-refractivity contribution in [2.24, 2.45) is 5.92 Å². The summed E-state index contributed by atoms with van der Waals surface area (Å²) in [6, 6.07) is 7.72. The second-order valence-electron chi connectivity index (χ2n) is 6.50. The van der Waals surface area contributed by atoms with E-state index in [0.29, 0.717) is 41.7 Å². The summed E-state index contributed by atoms with van der Waals surface area (Å²) in [4.78, 5) is 33.4. The van der Waals surface area contributed by atoms with Gasteiger partial charge in [0.25, 0.3) is 5.56 Å². The SMILES string of the molecule is O=C(NCCc1nc2ccccc2c(=O)[nH]1)N1C[C@H]2CC[C@H]1C2. The number of benzene rings is 1. The molecule has 2 amide bonds. The van der Waals surface area contributed by atoms with E-state index in [1.807, 2.05) is 23.1 Å². The molecule has 1 aliphatic carbocycles. The number of piperidine rings is 1. The lowest BCUT2D eigenvalue weighted by atomic mass is 10.1. The van der Waals surface area contributed by atoms with E-state index in [-0.39, 0.29) is 11.6 Å². The van der Waals surface area contributed by atoms with Crippen molar-refractivity contribution in [3.05, 3.63) is 40.4 Å². The molecule has 1 saturated carbocycles. The standard InChI is InChI=1S/C17H20N4O2/c22-16-13-3-1-2-4-14(13)19-15(20-16)7-8-18-17(23)21-10-11-5-6-12(21)9-11/h1-4,11-12H,5-10H2,(H,18,23)(H,19,20,22)/t11-,12-/m0/s1. The average Bonchev–Trinajstić information content (AvgIpc) is 3.18. The second kappa shape index (κ2) is 5.68. The molecule has 4 rings (SSSR count). The van der Waals surface area contributed by atoms with Crippen LogP contribution in [0, 0.1) is 5.92 Å². The van der Waals surface area contributed by atoms with Gasteiger partial charge < -0.3 is 15.2 Å². The van der Waals surface area contributed by atoms with Crippen LogP contribution in [0.4, 0.5) is 4.79 Å². The summed E-state index contributed by atoms with van der Waals surface area (Å²) in [5.74, 6) is 1.31. The number of aromatic amines is 1. The molecule has 1 aromatic heterocycles. The highest BCUT2D eigenvalue weighted by Gasteiger charge is 2.40. The third kappa shape index (κ3) is 2.69. The third-order valence-electron chi connectivity index (χ3n) is 4.97. The van der Waals surface area contributed by atoms with Gasteiger partial charge in [-0.25, -0.2) is 9.78 Å². The van der Waals surface area contributed by atoms with Gasteiger partial charge in [-0.2, -0.15) is 0 Å². The molecule has 2 aliphatic rings. The minimum absolute atomic E-state index is 0.0142. The van der Waals surface area contributed by atoms with Crippen molar-refractivity contribution in [2.75, 3.05) is 13.1 Å². The first kappa shape index (κ1) is 14.2. The molecule has 0 spiro atoms. The Kier molecular flexibility index (Phi) is 3.52. The third-order valence-corrected chi connectivity index (χ3v) is 4.97. The van der Waals surface area contributed by atoms with Crippen molar-refractivity contribution in [2.45, 2.75) is 31.7 Å². The molecule has 1 saturated heterocycles. The van der Waals surface area contributed by atoms with Crippen molar-refractivity contribution in [3.8, 4) is 0 Å². The molecule has 2 fully saturated rings. The van der Waals surface area contributed by atoms with E-state index < -0.39 is 0 Å². The molecule has 2 atom stereocenters. The fourth-order valence-electron chi connectivity index (χ4n) is 3.82. The van der Waals surface area contributed by atoms with Gasteiger partial charge in [0.1, 0.15) is 5.82 Å². The Bertz CT molecular complexity index is 801. The molecule has 2 bridgehead atoms. The van der Waals surface area contributed by atoms with Gasteiger partial charge in [-0.15, -0.1) is 0 Å². The molecule has 23 heavy (non-hydrogen) atoms. The number of carbonyl (C=O) groups excluding carboxylic acids is 1. The van der Waals surface area contributed by atoms with Crippen LogP contribution in [0.5, 0.6) is 0 Å². The molecule has 0 unspecified atom stereocenters. The van der Waals surface area contributed by atoms with E-state index in [1.165, 1.54) is 6.42 Å². The highest BCUT2D eigenvalue weighted by Crippen LogP contribution is 2.37.